The monoisotopic (exact) mass is 296 g/mol. The van der Waals surface area contributed by atoms with Crippen molar-refractivity contribution in [2.75, 3.05) is 26.2 Å². The molecule has 3 rings (SSSR count). The van der Waals surface area contributed by atoms with Gasteiger partial charge in [-0.05, 0) is 31.5 Å². The number of carbonyl (C=O) groups is 1. The van der Waals surface area contributed by atoms with Gasteiger partial charge < -0.3 is 9.64 Å². The Hall–Kier alpha value is -1.26. The highest BCUT2D eigenvalue weighted by atomic mass is 35.5. The number of halogens is 1. The molecule has 0 spiro atoms. The lowest BCUT2D eigenvalue weighted by Crippen LogP contribution is -2.41. The van der Waals surface area contributed by atoms with Crippen LogP contribution in [0.1, 0.15) is 18.4 Å². The second-order valence-corrected chi connectivity index (χ2v) is 5.35. The van der Waals surface area contributed by atoms with Crippen molar-refractivity contribution < 1.29 is 9.53 Å². The molecular formula is C15H21ClN2O2. The summed E-state index contributed by atoms with van der Waals surface area (Å²) >= 11 is 0. The van der Waals surface area contributed by atoms with Crippen LogP contribution in [0.5, 0.6) is 0 Å². The minimum atomic E-state index is -0.173. The maximum absolute atomic E-state index is 11.8. The summed E-state index contributed by atoms with van der Waals surface area (Å²) in [6.07, 6.45) is 2.38. The molecule has 2 aliphatic heterocycles. The predicted molar refractivity (Wildman–Crippen MR) is 80.0 cm³/mol. The highest BCUT2D eigenvalue weighted by molar-refractivity contribution is 5.85. The van der Waals surface area contributed by atoms with Crippen LogP contribution < -0.4 is 0 Å². The maximum Gasteiger partial charge on any atom is 0.410 e. The third kappa shape index (κ3) is 3.44. The van der Waals surface area contributed by atoms with Crippen molar-refractivity contribution in [1.82, 2.24) is 9.80 Å². The lowest BCUT2D eigenvalue weighted by molar-refractivity contribution is 0.154. The van der Waals surface area contributed by atoms with Crippen LogP contribution in [0.25, 0.3) is 0 Å². The standard InChI is InChI=1S/C15H20N2O2.ClH/c18-15-17(10-13-6-2-1-3-7-13)14(12-19-15)11-16-8-4-5-9-16;/h1-3,6-7,14H,4-5,8-12H2;1H. The average Bonchev–Trinajstić information content (AvgIpc) is 3.05. The average molecular weight is 297 g/mol. The van der Waals surface area contributed by atoms with Crippen molar-refractivity contribution >= 4 is 18.5 Å². The molecule has 2 aliphatic rings. The smallest absolute Gasteiger partial charge is 0.410 e. The van der Waals surface area contributed by atoms with Gasteiger partial charge in [0, 0.05) is 13.1 Å². The number of benzene rings is 1. The third-order valence-corrected chi connectivity index (χ3v) is 3.94. The molecule has 1 atom stereocenters. The summed E-state index contributed by atoms with van der Waals surface area (Å²) in [5.41, 5.74) is 1.16. The van der Waals surface area contributed by atoms with E-state index >= 15 is 0 Å². The van der Waals surface area contributed by atoms with E-state index < -0.39 is 0 Å². The molecular weight excluding hydrogens is 276 g/mol. The van der Waals surface area contributed by atoms with E-state index in [9.17, 15) is 4.79 Å². The van der Waals surface area contributed by atoms with Gasteiger partial charge in [-0.2, -0.15) is 0 Å². The Labute approximate surface area is 126 Å². The van der Waals surface area contributed by atoms with Gasteiger partial charge in [-0.1, -0.05) is 30.3 Å². The number of rotatable bonds is 4. The molecule has 1 aromatic carbocycles. The van der Waals surface area contributed by atoms with E-state index in [0.717, 1.165) is 25.2 Å². The zero-order valence-corrected chi connectivity index (χ0v) is 12.3. The lowest BCUT2D eigenvalue weighted by Gasteiger charge is -2.25. The predicted octanol–water partition coefficient (Wildman–Crippen LogP) is 2.53. The molecule has 5 heteroatoms. The van der Waals surface area contributed by atoms with Gasteiger partial charge in [0.25, 0.3) is 0 Å². The van der Waals surface area contributed by atoms with Crippen LogP contribution >= 0.6 is 12.4 Å². The number of amides is 1. The Morgan fingerprint density at radius 1 is 1.15 bits per heavy atom. The van der Waals surface area contributed by atoms with E-state index in [2.05, 4.69) is 17.0 Å². The number of hydrogen-bond acceptors (Lipinski definition) is 3. The quantitative estimate of drug-likeness (QED) is 0.856. The summed E-state index contributed by atoms with van der Waals surface area (Å²) < 4.78 is 5.22. The highest BCUT2D eigenvalue weighted by Gasteiger charge is 2.34. The normalized spacial score (nSPS) is 22.7. The first-order chi connectivity index (χ1) is 9.33. The van der Waals surface area contributed by atoms with Crippen LogP contribution in [0.15, 0.2) is 30.3 Å². The second-order valence-electron chi connectivity index (χ2n) is 5.35. The molecule has 0 radical (unpaired) electrons. The molecule has 2 fully saturated rings. The third-order valence-electron chi connectivity index (χ3n) is 3.94. The van der Waals surface area contributed by atoms with E-state index in [1.165, 1.54) is 12.8 Å². The molecule has 1 unspecified atom stereocenters. The van der Waals surface area contributed by atoms with E-state index in [4.69, 9.17) is 4.74 Å². The van der Waals surface area contributed by atoms with Crippen molar-refractivity contribution in [2.24, 2.45) is 0 Å². The number of likely N-dealkylation sites (tertiary alicyclic amines) is 1. The summed E-state index contributed by atoms with van der Waals surface area (Å²) in [5, 5.41) is 0. The summed E-state index contributed by atoms with van der Waals surface area (Å²) in [4.78, 5) is 16.2. The molecule has 20 heavy (non-hydrogen) atoms. The fourth-order valence-electron chi connectivity index (χ4n) is 2.88. The van der Waals surface area contributed by atoms with Crippen LogP contribution in [0, 0.1) is 0 Å². The molecule has 0 aromatic heterocycles. The molecule has 1 amide bonds. The molecule has 110 valence electrons. The Bertz CT molecular complexity index is 435. The summed E-state index contributed by atoms with van der Waals surface area (Å²) in [6, 6.07) is 10.3. The first-order valence-electron chi connectivity index (χ1n) is 7.02. The number of hydrogen-bond donors (Lipinski definition) is 0. The summed E-state index contributed by atoms with van der Waals surface area (Å²) in [7, 11) is 0. The van der Waals surface area contributed by atoms with Gasteiger partial charge in [0.2, 0.25) is 0 Å². The van der Waals surface area contributed by atoms with Crippen LogP contribution in [0.3, 0.4) is 0 Å². The Morgan fingerprint density at radius 2 is 1.85 bits per heavy atom. The van der Waals surface area contributed by atoms with Gasteiger partial charge in [-0.15, -0.1) is 12.4 Å². The van der Waals surface area contributed by atoms with Crippen LogP contribution in [-0.2, 0) is 11.3 Å². The highest BCUT2D eigenvalue weighted by Crippen LogP contribution is 2.19. The fourth-order valence-corrected chi connectivity index (χ4v) is 2.88. The number of ether oxygens (including phenoxy) is 1. The van der Waals surface area contributed by atoms with Gasteiger partial charge in [-0.25, -0.2) is 4.79 Å². The molecule has 4 nitrogen and oxygen atoms in total. The molecule has 0 aliphatic carbocycles. The molecule has 2 heterocycles. The minimum absolute atomic E-state index is 0. The zero-order chi connectivity index (χ0) is 13.1. The van der Waals surface area contributed by atoms with Gasteiger partial charge >= 0.3 is 6.09 Å². The number of nitrogens with zero attached hydrogens (tertiary/aromatic N) is 2. The molecule has 0 saturated carbocycles. The van der Waals surface area contributed by atoms with E-state index in [-0.39, 0.29) is 24.5 Å². The Morgan fingerprint density at radius 3 is 2.55 bits per heavy atom. The van der Waals surface area contributed by atoms with E-state index in [1.54, 1.807) is 0 Å². The van der Waals surface area contributed by atoms with E-state index in [0.29, 0.717) is 13.2 Å². The van der Waals surface area contributed by atoms with Crippen molar-refractivity contribution in [3.05, 3.63) is 35.9 Å². The van der Waals surface area contributed by atoms with Crippen molar-refractivity contribution in [1.29, 1.82) is 0 Å². The molecule has 1 aromatic rings. The Kier molecular flexibility index (Phi) is 5.26. The molecule has 0 bridgehead atoms. The van der Waals surface area contributed by atoms with Crippen molar-refractivity contribution in [3.63, 3.8) is 0 Å². The fraction of sp³-hybridized carbons (Fsp3) is 0.533. The first-order valence-corrected chi connectivity index (χ1v) is 7.02. The van der Waals surface area contributed by atoms with Crippen LogP contribution in [0.2, 0.25) is 0 Å². The summed E-state index contributed by atoms with van der Waals surface area (Å²) in [5.74, 6) is 0. The van der Waals surface area contributed by atoms with Gasteiger partial charge in [0.1, 0.15) is 6.61 Å². The van der Waals surface area contributed by atoms with Crippen molar-refractivity contribution in [3.8, 4) is 0 Å². The summed E-state index contributed by atoms with van der Waals surface area (Å²) in [6.45, 7) is 4.44. The Balaban J connectivity index is 0.00000147. The molecule has 0 N–H and O–H groups in total. The van der Waals surface area contributed by atoms with Crippen LogP contribution in [-0.4, -0.2) is 48.2 Å². The zero-order valence-electron chi connectivity index (χ0n) is 11.5. The molecule has 2 saturated heterocycles. The lowest BCUT2D eigenvalue weighted by atomic mass is 10.2. The number of cyclic esters (lactones) is 1. The van der Waals surface area contributed by atoms with E-state index in [1.807, 2.05) is 23.1 Å². The SMILES string of the molecule is Cl.O=C1OCC(CN2CCCC2)N1Cc1ccccc1. The van der Waals surface area contributed by atoms with Gasteiger partial charge in [0.15, 0.2) is 0 Å². The van der Waals surface area contributed by atoms with Crippen molar-refractivity contribution in [2.45, 2.75) is 25.4 Å². The maximum atomic E-state index is 11.8. The van der Waals surface area contributed by atoms with Gasteiger partial charge in [-0.3, -0.25) is 4.90 Å². The largest absolute Gasteiger partial charge is 0.447 e. The number of carbonyl (C=O) groups excluding carboxylic acids is 1. The first kappa shape index (κ1) is 15.1. The second kappa shape index (κ2) is 6.95. The minimum Gasteiger partial charge on any atom is -0.447 e. The topological polar surface area (TPSA) is 32.8 Å². The van der Waals surface area contributed by atoms with Gasteiger partial charge in [0.05, 0.1) is 6.04 Å². The van der Waals surface area contributed by atoms with Crippen LogP contribution in [0.4, 0.5) is 4.79 Å².